The van der Waals surface area contributed by atoms with Gasteiger partial charge in [-0.25, -0.2) is 0 Å². The minimum Gasteiger partial charge on any atom is -0.393 e. The van der Waals surface area contributed by atoms with Gasteiger partial charge in [0.05, 0.1) is 6.10 Å². The van der Waals surface area contributed by atoms with Crippen LogP contribution in [0, 0.1) is 17.3 Å². The average molecular weight is 222 g/mol. The molecule has 4 unspecified atom stereocenters. The molecule has 1 aliphatic rings. The fraction of sp³-hybridized carbons (Fsp3) is 0.733. The first kappa shape index (κ1) is 13.5. The maximum atomic E-state index is 9.47. The first-order valence-electron chi connectivity index (χ1n) is 6.36. The molecule has 1 aliphatic carbocycles. The van der Waals surface area contributed by atoms with Crippen LogP contribution in [0.25, 0.3) is 0 Å². The lowest BCUT2D eigenvalue weighted by Gasteiger charge is -2.43. The van der Waals surface area contributed by atoms with Crippen LogP contribution in [0.1, 0.15) is 46.5 Å². The monoisotopic (exact) mass is 222 g/mol. The topological polar surface area (TPSA) is 20.2 Å². The standard InChI is InChI=1S/C15H26O/c1-6-15(5)8-7-13(9-12(4)16)10-14(15)11(2)3/h6,12-14,16H,1-2,7-10H2,3-5H3. The molecule has 16 heavy (non-hydrogen) atoms. The Labute approximate surface area is 100 Å². The summed E-state index contributed by atoms with van der Waals surface area (Å²) in [5.74, 6) is 1.18. The summed E-state index contributed by atoms with van der Waals surface area (Å²) < 4.78 is 0. The van der Waals surface area contributed by atoms with Crippen molar-refractivity contribution in [2.24, 2.45) is 17.3 Å². The predicted octanol–water partition coefficient (Wildman–Crippen LogP) is 3.94. The first-order valence-corrected chi connectivity index (χ1v) is 6.36. The van der Waals surface area contributed by atoms with E-state index in [9.17, 15) is 5.11 Å². The van der Waals surface area contributed by atoms with Crippen molar-refractivity contribution < 1.29 is 5.11 Å². The fourth-order valence-electron chi connectivity index (χ4n) is 3.11. The zero-order chi connectivity index (χ0) is 12.3. The van der Waals surface area contributed by atoms with Crippen LogP contribution in [-0.4, -0.2) is 11.2 Å². The fourth-order valence-corrected chi connectivity index (χ4v) is 3.11. The molecule has 0 aromatic heterocycles. The van der Waals surface area contributed by atoms with E-state index < -0.39 is 0 Å². The first-order chi connectivity index (χ1) is 7.39. The van der Waals surface area contributed by atoms with Gasteiger partial charge < -0.3 is 5.11 Å². The number of allylic oxidation sites excluding steroid dienone is 2. The number of hydrogen-bond acceptors (Lipinski definition) is 1. The Bertz CT molecular complexity index is 267. The van der Waals surface area contributed by atoms with E-state index in [4.69, 9.17) is 0 Å². The molecule has 0 radical (unpaired) electrons. The zero-order valence-corrected chi connectivity index (χ0v) is 11.0. The van der Waals surface area contributed by atoms with Crippen LogP contribution >= 0.6 is 0 Å². The van der Waals surface area contributed by atoms with Gasteiger partial charge in [0.1, 0.15) is 0 Å². The molecule has 1 N–H and O–H groups in total. The summed E-state index contributed by atoms with van der Waals surface area (Å²) in [6.45, 7) is 14.4. The van der Waals surface area contributed by atoms with Crippen LogP contribution < -0.4 is 0 Å². The van der Waals surface area contributed by atoms with E-state index in [1.807, 2.05) is 6.92 Å². The van der Waals surface area contributed by atoms with Crippen LogP contribution in [0.3, 0.4) is 0 Å². The summed E-state index contributed by atoms with van der Waals surface area (Å²) in [5.41, 5.74) is 1.47. The van der Waals surface area contributed by atoms with Crippen LogP contribution in [0.4, 0.5) is 0 Å². The summed E-state index contributed by atoms with van der Waals surface area (Å²) in [4.78, 5) is 0. The van der Waals surface area contributed by atoms with Crippen LogP contribution in [-0.2, 0) is 0 Å². The zero-order valence-electron chi connectivity index (χ0n) is 11.0. The minimum absolute atomic E-state index is 0.177. The number of aliphatic hydroxyl groups excluding tert-OH is 1. The van der Waals surface area contributed by atoms with Gasteiger partial charge in [-0.1, -0.05) is 25.2 Å². The van der Waals surface area contributed by atoms with Crippen molar-refractivity contribution in [3.8, 4) is 0 Å². The van der Waals surface area contributed by atoms with Crippen molar-refractivity contribution >= 4 is 0 Å². The van der Waals surface area contributed by atoms with Gasteiger partial charge in [-0.2, -0.15) is 0 Å². The minimum atomic E-state index is -0.177. The Hall–Kier alpha value is -0.560. The third-order valence-corrected chi connectivity index (χ3v) is 4.19. The molecule has 1 saturated carbocycles. The van der Waals surface area contributed by atoms with Gasteiger partial charge in [0.15, 0.2) is 0 Å². The van der Waals surface area contributed by atoms with E-state index in [0.29, 0.717) is 11.8 Å². The molecule has 0 aliphatic heterocycles. The number of rotatable bonds is 4. The maximum absolute atomic E-state index is 9.47. The van der Waals surface area contributed by atoms with Crippen LogP contribution in [0.5, 0.6) is 0 Å². The number of hydrogen-bond donors (Lipinski definition) is 1. The lowest BCUT2D eigenvalue weighted by molar-refractivity contribution is 0.100. The third-order valence-electron chi connectivity index (χ3n) is 4.19. The second-order valence-corrected chi connectivity index (χ2v) is 5.83. The second kappa shape index (κ2) is 5.18. The molecule has 92 valence electrons. The molecule has 0 aromatic carbocycles. The van der Waals surface area contributed by atoms with E-state index in [2.05, 4.69) is 33.1 Å². The van der Waals surface area contributed by atoms with Crippen molar-refractivity contribution in [1.29, 1.82) is 0 Å². The molecule has 0 heterocycles. The molecule has 0 aromatic rings. The van der Waals surface area contributed by atoms with Crippen molar-refractivity contribution in [2.75, 3.05) is 0 Å². The summed E-state index contributed by atoms with van der Waals surface area (Å²) in [6, 6.07) is 0. The molecule has 0 saturated heterocycles. The molecular formula is C15H26O. The Morgan fingerprint density at radius 2 is 2.25 bits per heavy atom. The van der Waals surface area contributed by atoms with Gasteiger partial charge in [-0.05, 0) is 56.8 Å². The molecule has 1 heteroatoms. The normalized spacial score (nSPS) is 36.8. The molecule has 1 nitrogen and oxygen atoms in total. The SMILES string of the molecule is C=CC1(C)CCC(CC(C)O)CC1C(=C)C. The Balaban J connectivity index is 2.73. The van der Waals surface area contributed by atoms with Crippen molar-refractivity contribution in [3.63, 3.8) is 0 Å². The lowest BCUT2D eigenvalue weighted by atomic mass is 9.61. The highest BCUT2D eigenvalue weighted by Gasteiger charge is 2.38. The van der Waals surface area contributed by atoms with E-state index in [1.54, 1.807) is 0 Å². The van der Waals surface area contributed by atoms with Gasteiger partial charge >= 0.3 is 0 Å². The molecular weight excluding hydrogens is 196 g/mol. The Kier molecular flexibility index (Phi) is 4.37. The van der Waals surface area contributed by atoms with Crippen molar-refractivity contribution in [2.45, 2.75) is 52.6 Å². The average Bonchev–Trinajstić information content (AvgIpc) is 2.20. The Morgan fingerprint density at radius 3 is 2.69 bits per heavy atom. The van der Waals surface area contributed by atoms with Gasteiger partial charge in [-0.3, -0.25) is 0 Å². The van der Waals surface area contributed by atoms with Crippen LogP contribution in [0.15, 0.2) is 24.8 Å². The molecule has 4 atom stereocenters. The van der Waals surface area contributed by atoms with Crippen LogP contribution in [0.2, 0.25) is 0 Å². The quantitative estimate of drug-likeness (QED) is 0.714. The third kappa shape index (κ3) is 2.98. The summed E-state index contributed by atoms with van der Waals surface area (Å²) in [7, 11) is 0. The van der Waals surface area contributed by atoms with Crippen molar-refractivity contribution in [1.82, 2.24) is 0 Å². The van der Waals surface area contributed by atoms with E-state index in [0.717, 1.165) is 12.8 Å². The predicted molar refractivity (Wildman–Crippen MR) is 70.2 cm³/mol. The van der Waals surface area contributed by atoms with Crippen molar-refractivity contribution in [3.05, 3.63) is 24.8 Å². The number of aliphatic hydroxyl groups is 1. The molecule has 0 amide bonds. The molecule has 1 fully saturated rings. The smallest absolute Gasteiger partial charge is 0.0514 e. The lowest BCUT2D eigenvalue weighted by Crippen LogP contribution is -2.34. The maximum Gasteiger partial charge on any atom is 0.0514 e. The van der Waals surface area contributed by atoms with E-state index in [1.165, 1.54) is 18.4 Å². The van der Waals surface area contributed by atoms with Gasteiger partial charge in [0.25, 0.3) is 0 Å². The highest BCUT2D eigenvalue weighted by atomic mass is 16.3. The summed E-state index contributed by atoms with van der Waals surface area (Å²) in [5, 5.41) is 9.47. The highest BCUT2D eigenvalue weighted by molar-refractivity contribution is 5.11. The molecule has 1 rings (SSSR count). The van der Waals surface area contributed by atoms with E-state index >= 15 is 0 Å². The van der Waals surface area contributed by atoms with Gasteiger partial charge in [0.2, 0.25) is 0 Å². The summed E-state index contributed by atoms with van der Waals surface area (Å²) >= 11 is 0. The van der Waals surface area contributed by atoms with Gasteiger partial charge in [0, 0.05) is 0 Å². The Morgan fingerprint density at radius 1 is 1.62 bits per heavy atom. The largest absolute Gasteiger partial charge is 0.393 e. The van der Waals surface area contributed by atoms with E-state index in [-0.39, 0.29) is 11.5 Å². The highest BCUT2D eigenvalue weighted by Crippen LogP contribution is 2.48. The van der Waals surface area contributed by atoms with Gasteiger partial charge in [-0.15, -0.1) is 6.58 Å². The molecule has 0 spiro atoms. The summed E-state index contributed by atoms with van der Waals surface area (Å²) in [6.07, 6.45) is 6.39. The molecule has 0 bridgehead atoms. The second-order valence-electron chi connectivity index (χ2n) is 5.83.